The number of carbonyl (C=O) groups is 2. The molecular formula is C24H29N3O4S. The molecule has 2 aliphatic carbocycles. The van der Waals surface area contributed by atoms with Crippen molar-refractivity contribution in [3.05, 3.63) is 34.8 Å². The minimum Gasteiger partial charge on any atom is -0.493 e. The molecule has 1 aromatic heterocycles. The number of hydrogen-bond donors (Lipinski definition) is 1. The van der Waals surface area contributed by atoms with Gasteiger partial charge in [-0.1, -0.05) is 6.07 Å². The smallest absolute Gasteiger partial charge is 0.248 e. The Morgan fingerprint density at radius 2 is 2.06 bits per heavy atom. The molecule has 2 heterocycles. The highest BCUT2D eigenvalue weighted by Gasteiger charge is 2.37. The number of nitrogens with one attached hydrogen (secondary N) is 1. The molecule has 7 nitrogen and oxygen atoms in total. The summed E-state index contributed by atoms with van der Waals surface area (Å²) in [5.41, 5.74) is 2.10. The molecule has 3 aliphatic rings. The van der Waals surface area contributed by atoms with E-state index in [1.165, 1.54) is 37.0 Å². The Kier molecular flexibility index (Phi) is 5.80. The Balaban J connectivity index is 1.23. The third-order valence-corrected chi connectivity index (χ3v) is 7.36. The maximum absolute atomic E-state index is 12.8. The van der Waals surface area contributed by atoms with Crippen molar-refractivity contribution in [2.75, 3.05) is 25.6 Å². The van der Waals surface area contributed by atoms with Gasteiger partial charge in [-0.05, 0) is 56.2 Å². The molecule has 32 heavy (non-hydrogen) atoms. The lowest BCUT2D eigenvalue weighted by molar-refractivity contribution is -0.134. The van der Waals surface area contributed by atoms with Gasteiger partial charge < -0.3 is 19.7 Å². The molecule has 0 radical (unpaired) electrons. The number of aromatic nitrogens is 1. The standard InChI is InChI=1S/C24H29N3O4S/c1-14(23(29)26-24-25-19(13-32-24)16-5-6-16)27-11-18(10-22(27)28)17-7-8-20(30-2)21(9-17)31-12-15-3-4-15/h7-9,13-16,18H,3-6,10-12H2,1-2H3,(H,25,26,29). The first-order chi connectivity index (χ1) is 15.5. The number of nitrogens with zero attached hydrogens (tertiary/aromatic N) is 2. The lowest BCUT2D eigenvalue weighted by atomic mass is 9.98. The van der Waals surface area contributed by atoms with Crippen LogP contribution >= 0.6 is 11.3 Å². The van der Waals surface area contributed by atoms with Crippen LogP contribution in [0.2, 0.25) is 0 Å². The number of thiazole rings is 1. The summed E-state index contributed by atoms with van der Waals surface area (Å²) in [6.45, 7) is 2.99. The second-order valence-electron chi connectivity index (χ2n) is 9.13. The number of benzene rings is 1. The SMILES string of the molecule is COc1ccc(C2CC(=O)N(C(C)C(=O)Nc3nc(C4CC4)cs3)C2)cc1OCC1CC1. The highest BCUT2D eigenvalue weighted by molar-refractivity contribution is 7.13. The molecule has 0 spiro atoms. The Labute approximate surface area is 192 Å². The van der Waals surface area contributed by atoms with E-state index in [0.29, 0.717) is 42.3 Å². The van der Waals surface area contributed by atoms with E-state index in [1.807, 2.05) is 23.6 Å². The summed E-state index contributed by atoms with van der Waals surface area (Å²) in [6.07, 6.45) is 5.18. The summed E-state index contributed by atoms with van der Waals surface area (Å²) >= 11 is 1.45. The number of rotatable bonds is 9. The minimum atomic E-state index is -0.551. The second-order valence-corrected chi connectivity index (χ2v) is 9.99. The van der Waals surface area contributed by atoms with E-state index in [9.17, 15) is 9.59 Å². The first-order valence-corrected chi connectivity index (χ1v) is 12.3. The highest BCUT2D eigenvalue weighted by Crippen LogP contribution is 2.41. The van der Waals surface area contributed by atoms with Crippen molar-refractivity contribution in [1.29, 1.82) is 0 Å². The molecule has 5 rings (SSSR count). The number of likely N-dealkylation sites (tertiary alicyclic amines) is 1. The number of carbonyl (C=O) groups excluding carboxylic acids is 2. The summed E-state index contributed by atoms with van der Waals surface area (Å²) < 4.78 is 11.4. The molecule has 2 aromatic rings. The van der Waals surface area contributed by atoms with Crippen molar-refractivity contribution in [2.24, 2.45) is 5.92 Å². The van der Waals surface area contributed by atoms with Crippen LogP contribution in [0.5, 0.6) is 11.5 Å². The molecular weight excluding hydrogens is 426 g/mol. The summed E-state index contributed by atoms with van der Waals surface area (Å²) in [5, 5.41) is 5.52. The highest BCUT2D eigenvalue weighted by atomic mass is 32.1. The summed E-state index contributed by atoms with van der Waals surface area (Å²) in [4.78, 5) is 31.8. The minimum absolute atomic E-state index is 0.00766. The molecule has 3 fully saturated rings. The Morgan fingerprint density at radius 1 is 1.25 bits per heavy atom. The molecule has 2 unspecified atom stereocenters. The fourth-order valence-corrected chi connectivity index (χ4v) is 4.94. The summed E-state index contributed by atoms with van der Waals surface area (Å²) in [5.74, 6) is 2.45. The Morgan fingerprint density at radius 3 is 2.78 bits per heavy atom. The molecule has 2 atom stereocenters. The predicted octanol–water partition coefficient (Wildman–Crippen LogP) is 4.16. The summed E-state index contributed by atoms with van der Waals surface area (Å²) in [7, 11) is 1.64. The van der Waals surface area contributed by atoms with Crippen LogP contribution < -0.4 is 14.8 Å². The van der Waals surface area contributed by atoms with Crippen LogP contribution in [0.4, 0.5) is 5.13 Å². The third kappa shape index (κ3) is 4.60. The topological polar surface area (TPSA) is 80.8 Å². The third-order valence-electron chi connectivity index (χ3n) is 6.58. The van der Waals surface area contributed by atoms with E-state index in [4.69, 9.17) is 9.47 Å². The van der Waals surface area contributed by atoms with Gasteiger partial charge in [-0.25, -0.2) is 4.98 Å². The van der Waals surface area contributed by atoms with Crippen LogP contribution in [0, 0.1) is 5.92 Å². The van der Waals surface area contributed by atoms with Gasteiger partial charge in [-0.3, -0.25) is 9.59 Å². The zero-order valence-electron chi connectivity index (χ0n) is 18.5. The van der Waals surface area contributed by atoms with E-state index in [2.05, 4.69) is 10.3 Å². The molecule has 1 N–H and O–H groups in total. The zero-order valence-corrected chi connectivity index (χ0v) is 19.3. The summed E-state index contributed by atoms with van der Waals surface area (Å²) in [6, 6.07) is 5.33. The van der Waals surface area contributed by atoms with Gasteiger partial charge in [0.25, 0.3) is 0 Å². The van der Waals surface area contributed by atoms with Gasteiger partial charge in [-0.2, -0.15) is 0 Å². The van der Waals surface area contributed by atoms with Crippen LogP contribution in [0.25, 0.3) is 0 Å². The average Bonchev–Trinajstić information content (AvgIpc) is 3.73. The van der Waals surface area contributed by atoms with Crippen LogP contribution in [0.15, 0.2) is 23.6 Å². The molecule has 2 amide bonds. The molecule has 0 bridgehead atoms. The van der Waals surface area contributed by atoms with Gasteiger partial charge in [0.2, 0.25) is 11.8 Å². The first kappa shape index (κ1) is 21.2. The van der Waals surface area contributed by atoms with Crippen molar-refractivity contribution in [3.8, 4) is 11.5 Å². The molecule has 1 saturated heterocycles. The quantitative estimate of drug-likeness (QED) is 0.614. The van der Waals surface area contributed by atoms with Gasteiger partial charge in [-0.15, -0.1) is 11.3 Å². The normalized spacial score (nSPS) is 21.5. The van der Waals surface area contributed by atoms with E-state index < -0.39 is 6.04 Å². The van der Waals surface area contributed by atoms with E-state index in [0.717, 1.165) is 17.0 Å². The first-order valence-electron chi connectivity index (χ1n) is 11.4. The van der Waals surface area contributed by atoms with Gasteiger partial charge >= 0.3 is 0 Å². The van der Waals surface area contributed by atoms with E-state index >= 15 is 0 Å². The van der Waals surface area contributed by atoms with Gasteiger partial charge in [0.1, 0.15) is 6.04 Å². The van der Waals surface area contributed by atoms with E-state index in [-0.39, 0.29) is 17.7 Å². The molecule has 170 valence electrons. The molecule has 8 heteroatoms. The number of anilines is 1. The Hall–Kier alpha value is -2.61. The van der Waals surface area contributed by atoms with Gasteiger partial charge in [0, 0.05) is 30.2 Å². The van der Waals surface area contributed by atoms with Crippen molar-refractivity contribution >= 4 is 28.3 Å². The monoisotopic (exact) mass is 455 g/mol. The zero-order chi connectivity index (χ0) is 22.2. The van der Waals surface area contributed by atoms with Crippen LogP contribution in [-0.4, -0.2) is 48.0 Å². The molecule has 1 aromatic carbocycles. The second kappa shape index (κ2) is 8.73. The number of methoxy groups -OCH3 is 1. The fourth-order valence-electron chi connectivity index (χ4n) is 4.14. The van der Waals surface area contributed by atoms with Crippen LogP contribution in [0.3, 0.4) is 0 Å². The van der Waals surface area contributed by atoms with Gasteiger partial charge in [0.15, 0.2) is 16.6 Å². The average molecular weight is 456 g/mol. The van der Waals surface area contributed by atoms with Crippen LogP contribution in [0.1, 0.15) is 62.1 Å². The van der Waals surface area contributed by atoms with Crippen molar-refractivity contribution < 1.29 is 19.1 Å². The number of hydrogen-bond acceptors (Lipinski definition) is 6. The van der Waals surface area contributed by atoms with Crippen LogP contribution in [-0.2, 0) is 9.59 Å². The lowest BCUT2D eigenvalue weighted by Gasteiger charge is -2.23. The maximum atomic E-state index is 12.8. The van der Waals surface area contributed by atoms with Crippen molar-refractivity contribution in [2.45, 2.75) is 56.9 Å². The lowest BCUT2D eigenvalue weighted by Crippen LogP contribution is -2.42. The molecule has 1 aliphatic heterocycles. The number of ether oxygens (including phenoxy) is 2. The Bertz CT molecular complexity index is 1010. The van der Waals surface area contributed by atoms with Gasteiger partial charge in [0.05, 0.1) is 19.4 Å². The number of amides is 2. The fraction of sp³-hybridized carbons (Fsp3) is 0.542. The van der Waals surface area contributed by atoms with E-state index in [1.54, 1.807) is 18.9 Å². The van der Waals surface area contributed by atoms with Crippen molar-refractivity contribution in [3.63, 3.8) is 0 Å². The van der Waals surface area contributed by atoms with Crippen molar-refractivity contribution in [1.82, 2.24) is 9.88 Å². The largest absolute Gasteiger partial charge is 0.493 e. The molecule has 2 saturated carbocycles. The maximum Gasteiger partial charge on any atom is 0.248 e. The predicted molar refractivity (Wildman–Crippen MR) is 122 cm³/mol.